The van der Waals surface area contributed by atoms with Crippen molar-refractivity contribution in [3.8, 4) is 0 Å². The molecule has 1 heterocycles. The van der Waals surface area contributed by atoms with E-state index in [0.717, 1.165) is 31.8 Å². The molecule has 4 heteroatoms. The van der Waals surface area contributed by atoms with Gasteiger partial charge in [-0.2, -0.15) is 0 Å². The Labute approximate surface area is 121 Å². The summed E-state index contributed by atoms with van der Waals surface area (Å²) < 4.78 is 0. The van der Waals surface area contributed by atoms with Gasteiger partial charge in [0.25, 0.3) is 0 Å². The molecule has 0 aromatic heterocycles. The fourth-order valence-corrected chi connectivity index (χ4v) is 4.61. The van der Waals surface area contributed by atoms with Gasteiger partial charge in [0.05, 0.1) is 6.04 Å². The molecule has 5 unspecified atom stereocenters. The maximum absolute atomic E-state index is 12.4. The van der Waals surface area contributed by atoms with Crippen LogP contribution in [-0.4, -0.2) is 36.8 Å². The number of carbonyl (C=O) groups is 1. The molecule has 3 rings (SSSR count). The zero-order valence-electron chi connectivity index (χ0n) is 12.3. The van der Waals surface area contributed by atoms with E-state index in [-0.39, 0.29) is 18.6 Å². The van der Waals surface area contributed by atoms with Crippen LogP contribution < -0.4 is 10.6 Å². The highest BCUT2D eigenvalue weighted by molar-refractivity contribution is 5.82. The number of aliphatic hydroxyl groups is 1. The summed E-state index contributed by atoms with van der Waals surface area (Å²) in [6.07, 6.45) is 8.51. The Bertz CT molecular complexity index is 347. The van der Waals surface area contributed by atoms with Crippen LogP contribution in [0, 0.1) is 23.7 Å². The van der Waals surface area contributed by atoms with Gasteiger partial charge in [0.2, 0.25) is 5.91 Å². The maximum Gasteiger partial charge on any atom is 0.237 e. The number of hydrogen-bond acceptors (Lipinski definition) is 3. The molecule has 2 aliphatic carbocycles. The zero-order chi connectivity index (χ0) is 13.9. The van der Waals surface area contributed by atoms with Gasteiger partial charge in [-0.05, 0) is 55.9 Å². The Morgan fingerprint density at radius 2 is 1.90 bits per heavy atom. The molecular weight excluding hydrogens is 252 g/mol. The largest absolute Gasteiger partial charge is 0.396 e. The highest BCUT2D eigenvalue weighted by Gasteiger charge is 2.42. The average Bonchev–Trinajstić information content (AvgIpc) is 3.07. The topological polar surface area (TPSA) is 61.4 Å². The van der Waals surface area contributed by atoms with E-state index in [2.05, 4.69) is 10.6 Å². The van der Waals surface area contributed by atoms with Crippen LogP contribution in [0.15, 0.2) is 0 Å². The molecule has 0 aromatic carbocycles. The maximum atomic E-state index is 12.4. The molecule has 0 aromatic rings. The Morgan fingerprint density at radius 1 is 1.10 bits per heavy atom. The summed E-state index contributed by atoms with van der Waals surface area (Å²) in [5.74, 6) is 2.35. The van der Waals surface area contributed by atoms with Crippen LogP contribution in [0.5, 0.6) is 0 Å². The van der Waals surface area contributed by atoms with Gasteiger partial charge in [-0.15, -0.1) is 0 Å². The highest BCUT2D eigenvalue weighted by Crippen LogP contribution is 2.37. The lowest BCUT2D eigenvalue weighted by atomic mass is 9.79. The first-order chi connectivity index (χ1) is 9.79. The summed E-state index contributed by atoms with van der Waals surface area (Å²) >= 11 is 0. The number of carbonyl (C=O) groups excluding carboxylic acids is 1. The molecule has 2 saturated carbocycles. The molecule has 20 heavy (non-hydrogen) atoms. The van der Waals surface area contributed by atoms with Gasteiger partial charge < -0.3 is 15.7 Å². The zero-order valence-corrected chi connectivity index (χ0v) is 12.3. The smallest absolute Gasteiger partial charge is 0.237 e. The number of fused-ring (bicyclic) bond motifs is 1. The minimum atomic E-state index is 0.0404. The van der Waals surface area contributed by atoms with Crippen molar-refractivity contribution in [3.63, 3.8) is 0 Å². The highest BCUT2D eigenvalue weighted by atomic mass is 16.3. The van der Waals surface area contributed by atoms with Crippen LogP contribution >= 0.6 is 0 Å². The van der Waals surface area contributed by atoms with Crippen molar-refractivity contribution < 1.29 is 9.90 Å². The molecule has 5 atom stereocenters. The average molecular weight is 280 g/mol. The van der Waals surface area contributed by atoms with E-state index in [1.54, 1.807) is 0 Å². The second-order valence-electron chi connectivity index (χ2n) is 6.97. The number of rotatable bonds is 4. The lowest BCUT2D eigenvalue weighted by molar-refractivity contribution is -0.124. The summed E-state index contributed by atoms with van der Waals surface area (Å²) in [5, 5.41) is 16.0. The summed E-state index contributed by atoms with van der Waals surface area (Å²) in [6, 6.07) is 0.0404. The monoisotopic (exact) mass is 280 g/mol. The predicted octanol–water partition coefficient (Wildman–Crippen LogP) is 1.29. The summed E-state index contributed by atoms with van der Waals surface area (Å²) in [5.41, 5.74) is 0. The number of amides is 1. The van der Waals surface area contributed by atoms with E-state index in [4.69, 9.17) is 0 Å². The fourth-order valence-electron chi connectivity index (χ4n) is 4.61. The van der Waals surface area contributed by atoms with Crippen molar-refractivity contribution in [2.75, 3.05) is 19.7 Å². The van der Waals surface area contributed by atoms with Gasteiger partial charge in [0, 0.05) is 13.2 Å². The van der Waals surface area contributed by atoms with Crippen LogP contribution in [0.25, 0.3) is 0 Å². The first-order valence-electron chi connectivity index (χ1n) is 8.41. The lowest BCUT2D eigenvalue weighted by Crippen LogP contribution is -2.46. The summed E-state index contributed by atoms with van der Waals surface area (Å²) in [6.45, 7) is 2.04. The van der Waals surface area contributed by atoms with E-state index in [9.17, 15) is 9.90 Å². The van der Waals surface area contributed by atoms with Gasteiger partial charge in [-0.1, -0.05) is 19.3 Å². The third kappa shape index (κ3) is 2.86. The molecule has 3 N–H and O–H groups in total. The molecule has 1 saturated heterocycles. The Balaban J connectivity index is 1.49. The van der Waals surface area contributed by atoms with Crippen molar-refractivity contribution in [2.45, 2.75) is 51.0 Å². The third-order valence-corrected chi connectivity index (χ3v) is 5.87. The quantitative estimate of drug-likeness (QED) is 0.727. The second-order valence-corrected chi connectivity index (χ2v) is 6.97. The van der Waals surface area contributed by atoms with Crippen LogP contribution in [-0.2, 0) is 4.79 Å². The number of aliphatic hydroxyl groups excluding tert-OH is 1. The van der Waals surface area contributed by atoms with Crippen LogP contribution in [0.3, 0.4) is 0 Å². The van der Waals surface area contributed by atoms with Crippen molar-refractivity contribution in [3.05, 3.63) is 0 Å². The Morgan fingerprint density at radius 3 is 2.70 bits per heavy atom. The van der Waals surface area contributed by atoms with Gasteiger partial charge in [-0.25, -0.2) is 0 Å². The van der Waals surface area contributed by atoms with E-state index in [0.29, 0.717) is 17.8 Å². The molecule has 3 fully saturated rings. The molecule has 0 spiro atoms. The molecule has 1 amide bonds. The van der Waals surface area contributed by atoms with Gasteiger partial charge in [-0.3, -0.25) is 4.79 Å². The molecule has 0 radical (unpaired) electrons. The first-order valence-corrected chi connectivity index (χ1v) is 8.41. The Hall–Kier alpha value is -0.610. The lowest BCUT2D eigenvalue weighted by Gasteiger charge is -2.30. The van der Waals surface area contributed by atoms with Crippen LogP contribution in [0.2, 0.25) is 0 Å². The second kappa shape index (κ2) is 6.44. The summed E-state index contributed by atoms with van der Waals surface area (Å²) in [7, 11) is 0. The summed E-state index contributed by atoms with van der Waals surface area (Å²) in [4.78, 5) is 12.4. The van der Waals surface area contributed by atoms with Crippen molar-refractivity contribution in [1.29, 1.82) is 0 Å². The minimum absolute atomic E-state index is 0.0404. The van der Waals surface area contributed by atoms with Crippen LogP contribution in [0.1, 0.15) is 44.9 Å². The fraction of sp³-hybridized carbons (Fsp3) is 0.938. The number of nitrogens with one attached hydrogen (secondary N) is 2. The van der Waals surface area contributed by atoms with Gasteiger partial charge >= 0.3 is 0 Å². The minimum Gasteiger partial charge on any atom is -0.396 e. The van der Waals surface area contributed by atoms with E-state index < -0.39 is 0 Å². The van der Waals surface area contributed by atoms with Gasteiger partial charge in [0.1, 0.15) is 0 Å². The standard InChI is InChI=1S/C16H28N2O2/c19-10-13-5-2-1-4-11(13)8-18-16(20)15-14-7-3-6-12(14)9-17-15/h11-15,17,19H,1-10H2,(H,18,20). The van der Waals surface area contributed by atoms with E-state index >= 15 is 0 Å². The molecular formula is C16H28N2O2. The molecule has 0 bridgehead atoms. The molecule has 114 valence electrons. The molecule has 3 aliphatic rings. The van der Waals surface area contributed by atoms with Crippen molar-refractivity contribution in [2.24, 2.45) is 23.7 Å². The Kier molecular flexibility index (Phi) is 4.61. The van der Waals surface area contributed by atoms with Gasteiger partial charge in [0.15, 0.2) is 0 Å². The van der Waals surface area contributed by atoms with E-state index in [1.807, 2.05) is 0 Å². The predicted molar refractivity (Wildman–Crippen MR) is 78.2 cm³/mol. The molecule has 1 aliphatic heterocycles. The van der Waals surface area contributed by atoms with E-state index in [1.165, 1.54) is 32.1 Å². The third-order valence-electron chi connectivity index (χ3n) is 5.87. The SMILES string of the molecule is O=C(NCC1CCCCC1CO)C1NCC2CCCC21. The normalized spacial score (nSPS) is 40.5. The van der Waals surface area contributed by atoms with Crippen LogP contribution in [0.4, 0.5) is 0 Å². The van der Waals surface area contributed by atoms with Crippen molar-refractivity contribution >= 4 is 5.91 Å². The number of hydrogen-bond donors (Lipinski definition) is 3. The van der Waals surface area contributed by atoms with Crippen molar-refractivity contribution in [1.82, 2.24) is 10.6 Å². The first kappa shape index (κ1) is 14.3. The molecule has 4 nitrogen and oxygen atoms in total.